The van der Waals surface area contributed by atoms with Gasteiger partial charge in [-0.25, -0.2) is 0 Å². The molecule has 1 atom stereocenters. The van der Waals surface area contributed by atoms with E-state index >= 15 is 0 Å². The zero-order chi connectivity index (χ0) is 15.4. The molecule has 22 heavy (non-hydrogen) atoms. The molecule has 1 aliphatic heterocycles. The fourth-order valence-corrected chi connectivity index (χ4v) is 3.48. The van der Waals surface area contributed by atoms with Gasteiger partial charge in [0.25, 0.3) is 0 Å². The number of phenols is 1. The van der Waals surface area contributed by atoms with E-state index in [0.717, 1.165) is 25.0 Å². The van der Waals surface area contributed by atoms with Gasteiger partial charge in [-0.05, 0) is 60.5 Å². The van der Waals surface area contributed by atoms with Crippen LogP contribution in [0.4, 0.5) is 0 Å². The van der Waals surface area contributed by atoms with Crippen LogP contribution in [-0.4, -0.2) is 35.7 Å². The minimum Gasteiger partial charge on any atom is -0.508 e. The summed E-state index contributed by atoms with van der Waals surface area (Å²) in [6.07, 6.45) is 4.03. The summed E-state index contributed by atoms with van der Waals surface area (Å²) >= 11 is 0. The van der Waals surface area contributed by atoms with Crippen LogP contribution < -0.4 is 5.32 Å². The molecule has 3 nitrogen and oxygen atoms in total. The first kappa shape index (κ1) is 15.3. The Labute approximate surface area is 132 Å². The van der Waals surface area contributed by atoms with Gasteiger partial charge in [0.2, 0.25) is 0 Å². The van der Waals surface area contributed by atoms with E-state index in [9.17, 15) is 5.11 Å². The van der Waals surface area contributed by atoms with Crippen LogP contribution in [0.5, 0.6) is 5.75 Å². The second-order valence-corrected chi connectivity index (χ2v) is 6.27. The third-order valence-corrected chi connectivity index (χ3v) is 4.75. The molecule has 3 rings (SSSR count). The first-order valence-corrected chi connectivity index (χ1v) is 8.42. The summed E-state index contributed by atoms with van der Waals surface area (Å²) in [5, 5.41) is 15.4. The Morgan fingerprint density at radius 2 is 1.95 bits per heavy atom. The smallest absolute Gasteiger partial charge is 0.116 e. The Morgan fingerprint density at radius 3 is 2.82 bits per heavy atom. The van der Waals surface area contributed by atoms with Crippen molar-refractivity contribution in [2.45, 2.75) is 38.8 Å². The van der Waals surface area contributed by atoms with Crippen LogP contribution in [0, 0.1) is 0 Å². The number of piperidine rings is 1. The van der Waals surface area contributed by atoms with Crippen LogP contribution in [0.15, 0.2) is 36.4 Å². The second kappa shape index (κ2) is 7.12. The van der Waals surface area contributed by atoms with Crippen molar-refractivity contribution in [1.29, 1.82) is 0 Å². The zero-order valence-corrected chi connectivity index (χ0v) is 13.4. The lowest BCUT2D eigenvalue weighted by molar-refractivity contribution is 0.153. The van der Waals surface area contributed by atoms with E-state index in [2.05, 4.69) is 35.3 Å². The standard InChI is InChI=1S/C19H26N2O/c1-2-21-10-4-3-5-18(21)14-20-13-15-6-7-17-12-19(22)9-8-16(17)11-15/h6-9,11-12,18,20,22H,2-5,10,13-14H2,1H3. The van der Waals surface area contributed by atoms with Crippen LogP contribution in [-0.2, 0) is 6.54 Å². The number of likely N-dealkylation sites (tertiary alicyclic amines) is 1. The molecule has 1 saturated heterocycles. The van der Waals surface area contributed by atoms with E-state index < -0.39 is 0 Å². The van der Waals surface area contributed by atoms with Crippen molar-refractivity contribution in [2.75, 3.05) is 19.6 Å². The monoisotopic (exact) mass is 298 g/mol. The maximum Gasteiger partial charge on any atom is 0.116 e. The molecule has 2 aromatic rings. The number of rotatable bonds is 5. The quantitative estimate of drug-likeness (QED) is 0.886. The highest BCUT2D eigenvalue weighted by molar-refractivity contribution is 5.84. The lowest BCUT2D eigenvalue weighted by Gasteiger charge is -2.35. The molecule has 1 unspecified atom stereocenters. The number of fused-ring (bicyclic) bond motifs is 1. The lowest BCUT2D eigenvalue weighted by atomic mass is 10.0. The van der Waals surface area contributed by atoms with Gasteiger partial charge in [-0.15, -0.1) is 0 Å². The molecule has 0 saturated carbocycles. The van der Waals surface area contributed by atoms with Gasteiger partial charge in [-0.3, -0.25) is 4.90 Å². The van der Waals surface area contributed by atoms with Gasteiger partial charge in [0, 0.05) is 19.1 Å². The molecule has 0 bridgehead atoms. The maximum absolute atomic E-state index is 9.52. The Bertz CT molecular complexity index is 626. The average molecular weight is 298 g/mol. The summed E-state index contributed by atoms with van der Waals surface area (Å²) in [6.45, 7) is 6.65. The molecule has 1 aliphatic rings. The fourth-order valence-electron chi connectivity index (χ4n) is 3.48. The van der Waals surface area contributed by atoms with E-state index in [1.807, 2.05) is 12.1 Å². The van der Waals surface area contributed by atoms with Crippen molar-refractivity contribution in [3.63, 3.8) is 0 Å². The summed E-state index contributed by atoms with van der Waals surface area (Å²) in [5.41, 5.74) is 1.30. The molecule has 0 aromatic heterocycles. The normalized spacial score (nSPS) is 19.6. The Hall–Kier alpha value is -1.58. The molecule has 2 N–H and O–H groups in total. The largest absolute Gasteiger partial charge is 0.508 e. The van der Waals surface area contributed by atoms with Crippen molar-refractivity contribution in [1.82, 2.24) is 10.2 Å². The Kier molecular flexibility index (Phi) is 4.96. The molecule has 0 spiro atoms. The first-order valence-electron chi connectivity index (χ1n) is 8.42. The zero-order valence-electron chi connectivity index (χ0n) is 13.4. The van der Waals surface area contributed by atoms with Crippen LogP contribution in [0.2, 0.25) is 0 Å². The highest BCUT2D eigenvalue weighted by Crippen LogP contribution is 2.21. The molecule has 1 fully saturated rings. The molecular formula is C19H26N2O. The third kappa shape index (κ3) is 3.60. The number of nitrogens with one attached hydrogen (secondary N) is 1. The number of phenolic OH excluding ortho intramolecular Hbond substituents is 1. The van der Waals surface area contributed by atoms with Crippen molar-refractivity contribution in [2.24, 2.45) is 0 Å². The molecule has 2 aromatic carbocycles. The molecule has 0 radical (unpaired) electrons. The SMILES string of the molecule is CCN1CCCCC1CNCc1ccc2cc(O)ccc2c1. The van der Waals surface area contributed by atoms with Gasteiger partial charge < -0.3 is 10.4 Å². The maximum atomic E-state index is 9.52. The second-order valence-electron chi connectivity index (χ2n) is 6.27. The number of hydrogen-bond donors (Lipinski definition) is 2. The summed E-state index contributed by atoms with van der Waals surface area (Å²) < 4.78 is 0. The molecule has 0 aliphatic carbocycles. The summed E-state index contributed by atoms with van der Waals surface area (Å²) in [4.78, 5) is 2.60. The number of aromatic hydroxyl groups is 1. The van der Waals surface area contributed by atoms with Crippen molar-refractivity contribution >= 4 is 10.8 Å². The van der Waals surface area contributed by atoms with E-state index in [1.54, 1.807) is 6.07 Å². The molecule has 3 heteroatoms. The van der Waals surface area contributed by atoms with Crippen molar-refractivity contribution < 1.29 is 5.11 Å². The minimum absolute atomic E-state index is 0.329. The predicted molar refractivity (Wildman–Crippen MR) is 92.2 cm³/mol. The Morgan fingerprint density at radius 1 is 1.14 bits per heavy atom. The minimum atomic E-state index is 0.329. The average Bonchev–Trinajstić information content (AvgIpc) is 2.55. The van der Waals surface area contributed by atoms with E-state index in [0.29, 0.717) is 11.8 Å². The molecule has 1 heterocycles. The summed E-state index contributed by atoms with van der Waals surface area (Å²) in [5.74, 6) is 0.329. The highest BCUT2D eigenvalue weighted by atomic mass is 16.3. The topological polar surface area (TPSA) is 35.5 Å². The van der Waals surface area contributed by atoms with Gasteiger partial charge in [0.1, 0.15) is 5.75 Å². The van der Waals surface area contributed by atoms with Crippen LogP contribution in [0.1, 0.15) is 31.7 Å². The van der Waals surface area contributed by atoms with Gasteiger partial charge in [0.15, 0.2) is 0 Å². The van der Waals surface area contributed by atoms with Gasteiger partial charge in [-0.1, -0.05) is 31.5 Å². The van der Waals surface area contributed by atoms with Crippen LogP contribution >= 0.6 is 0 Å². The Balaban J connectivity index is 1.58. The summed E-state index contributed by atoms with van der Waals surface area (Å²) in [7, 11) is 0. The van der Waals surface area contributed by atoms with E-state index in [4.69, 9.17) is 0 Å². The number of nitrogens with zero attached hydrogens (tertiary/aromatic N) is 1. The predicted octanol–water partition coefficient (Wildman–Crippen LogP) is 3.51. The molecule has 118 valence electrons. The summed E-state index contributed by atoms with van der Waals surface area (Å²) in [6, 6.07) is 12.7. The van der Waals surface area contributed by atoms with E-state index in [1.165, 1.54) is 36.8 Å². The van der Waals surface area contributed by atoms with Gasteiger partial charge in [-0.2, -0.15) is 0 Å². The number of likely N-dealkylation sites (N-methyl/N-ethyl adjacent to an activating group) is 1. The lowest BCUT2D eigenvalue weighted by Crippen LogP contribution is -2.45. The highest BCUT2D eigenvalue weighted by Gasteiger charge is 2.19. The van der Waals surface area contributed by atoms with Crippen molar-refractivity contribution in [3.05, 3.63) is 42.0 Å². The van der Waals surface area contributed by atoms with Crippen molar-refractivity contribution in [3.8, 4) is 5.75 Å². The first-order chi connectivity index (χ1) is 10.8. The van der Waals surface area contributed by atoms with Gasteiger partial charge >= 0.3 is 0 Å². The number of hydrogen-bond acceptors (Lipinski definition) is 3. The van der Waals surface area contributed by atoms with E-state index in [-0.39, 0.29) is 0 Å². The van der Waals surface area contributed by atoms with Crippen LogP contribution in [0.3, 0.4) is 0 Å². The number of benzene rings is 2. The third-order valence-electron chi connectivity index (χ3n) is 4.75. The molecular weight excluding hydrogens is 272 g/mol. The molecule has 0 amide bonds. The van der Waals surface area contributed by atoms with Gasteiger partial charge in [0.05, 0.1) is 0 Å². The fraction of sp³-hybridized carbons (Fsp3) is 0.474. The van der Waals surface area contributed by atoms with Crippen LogP contribution in [0.25, 0.3) is 10.8 Å².